The molecule has 7 nitrogen and oxygen atoms in total. The zero-order valence-electron chi connectivity index (χ0n) is 14.8. The summed E-state index contributed by atoms with van der Waals surface area (Å²) in [6, 6.07) is 9.73. The largest absolute Gasteiger partial charge is 0.493 e. The van der Waals surface area contributed by atoms with E-state index in [1.807, 2.05) is 0 Å². The SMILES string of the molecule is COc1cccc(C2=NOC3C(=O)N(c4cc(Cl)ccc4Cl)C(=O)C23)c1OC. The summed E-state index contributed by atoms with van der Waals surface area (Å²) in [5, 5.41) is 4.57. The Bertz CT molecular complexity index is 1020. The summed E-state index contributed by atoms with van der Waals surface area (Å²) >= 11 is 12.2. The Morgan fingerprint density at radius 2 is 1.86 bits per heavy atom. The van der Waals surface area contributed by atoms with Crippen LogP contribution >= 0.6 is 23.2 Å². The van der Waals surface area contributed by atoms with Gasteiger partial charge in [-0.3, -0.25) is 9.59 Å². The monoisotopic (exact) mass is 420 g/mol. The van der Waals surface area contributed by atoms with E-state index in [1.54, 1.807) is 24.3 Å². The number of para-hydroxylation sites is 1. The number of hydrogen-bond donors (Lipinski definition) is 0. The van der Waals surface area contributed by atoms with Crippen molar-refractivity contribution in [3.63, 3.8) is 0 Å². The number of hydrogen-bond acceptors (Lipinski definition) is 6. The van der Waals surface area contributed by atoms with Crippen LogP contribution in [-0.2, 0) is 14.4 Å². The fraction of sp³-hybridized carbons (Fsp3) is 0.211. The van der Waals surface area contributed by atoms with E-state index < -0.39 is 23.8 Å². The highest BCUT2D eigenvalue weighted by Gasteiger charge is 2.57. The summed E-state index contributed by atoms with van der Waals surface area (Å²) in [4.78, 5) is 32.4. The molecule has 1 saturated heterocycles. The van der Waals surface area contributed by atoms with Crippen LogP contribution in [0.3, 0.4) is 0 Å². The van der Waals surface area contributed by atoms with Gasteiger partial charge in [0.05, 0.1) is 24.9 Å². The number of halogens is 2. The molecule has 28 heavy (non-hydrogen) atoms. The Morgan fingerprint density at radius 1 is 1.07 bits per heavy atom. The number of anilines is 1. The van der Waals surface area contributed by atoms with Crippen molar-refractivity contribution in [1.82, 2.24) is 0 Å². The second-order valence-corrected chi connectivity index (χ2v) is 6.97. The number of nitrogens with zero attached hydrogens (tertiary/aromatic N) is 2. The van der Waals surface area contributed by atoms with Crippen molar-refractivity contribution >= 4 is 46.4 Å². The van der Waals surface area contributed by atoms with Gasteiger partial charge in [-0.1, -0.05) is 34.4 Å². The molecule has 0 radical (unpaired) electrons. The summed E-state index contributed by atoms with van der Waals surface area (Å²) in [7, 11) is 2.99. The van der Waals surface area contributed by atoms with E-state index >= 15 is 0 Å². The highest BCUT2D eigenvalue weighted by Crippen LogP contribution is 2.41. The van der Waals surface area contributed by atoms with Gasteiger partial charge in [-0.15, -0.1) is 0 Å². The second-order valence-electron chi connectivity index (χ2n) is 6.13. The molecule has 0 bridgehead atoms. The molecule has 0 saturated carbocycles. The summed E-state index contributed by atoms with van der Waals surface area (Å²) in [5.74, 6) is -1.12. The van der Waals surface area contributed by atoms with Gasteiger partial charge >= 0.3 is 0 Å². The summed E-state index contributed by atoms with van der Waals surface area (Å²) in [6.45, 7) is 0. The standard InChI is InChI=1S/C19H14Cl2N2O5/c1-26-13-5-3-4-10(16(13)27-2)15-14-17(28-22-15)19(25)23(18(14)24)12-8-9(20)6-7-11(12)21/h3-8,14,17H,1-2H3. The first-order valence-corrected chi connectivity index (χ1v) is 9.01. The normalized spacial score (nSPS) is 20.7. The van der Waals surface area contributed by atoms with Gasteiger partial charge in [0.15, 0.2) is 11.5 Å². The quantitative estimate of drug-likeness (QED) is 0.709. The highest BCUT2D eigenvalue weighted by molar-refractivity contribution is 6.39. The summed E-state index contributed by atoms with van der Waals surface area (Å²) in [5.41, 5.74) is 1.01. The maximum atomic E-state index is 13.2. The molecule has 2 aliphatic heterocycles. The van der Waals surface area contributed by atoms with E-state index in [1.165, 1.54) is 26.4 Å². The van der Waals surface area contributed by atoms with Crippen LogP contribution in [0.5, 0.6) is 11.5 Å². The number of oxime groups is 1. The van der Waals surface area contributed by atoms with Crippen LogP contribution in [0.2, 0.25) is 10.0 Å². The average molecular weight is 421 g/mol. The van der Waals surface area contributed by atoms with E-state index in [9.17, 15) is 9.59 Å². The third kappa shape index (κ3) is 2.70. The van der Waals surface area contributed by atoms with E-state index in [2.05, 4.69) is 5.16 Å². The number of fused-ring (bicyclic) bond motifs is 1. The van der Waals surface area contributed by atoms with Crippen molar-refractivity contribution in [2.45, 2.75) is 6.10 Å². The average Bonchev–Trinajstić information content (AvgIpc) is 3.23. The number of rotatable bonds is 4. The molecule has 0 aliphatic carbocycles. The van der Waals surface area contributed by atoms with Crippen LogP contribution in [0, 0.1) is 5.92 Å². The van der Waals surface area contributed by atoms with Gasteiger partial charge in [-0.25, -0.2) is 4.90 Å². The first-order valence-electron chi connectivity index (χ1n) is 8.26. The molecule has 2 heterocycles. The first kappa shape index (κ1) is 18.6. The van der Waals surface area contributed by atoms with Crippen molar-refractivity contribution in [2.24, 2.45) is 11.1 Å². The van der Waals surface area contributed by atoms with Crippen LogP contribution in [0.4, 0.5) is 5.69 Å². The number of benzene rings is 2. The number of carbonyl (C=O) groups is 2. The summed E-state index contributed by atoms with van der Waals surface area (Å²) < 4.78 is 10.7. The van der Waals surface area contributed by atoms with Gasteiger partial charge in [0, 0.05) is 10.6 Å². The van der Waals surface area contributed by atoms with Crippen molar-refractivity contribution in [2.75, 3.05) is 19.1 Å². The minimum Gasteiger partial charge on any atom is -0.493 e. The van der Waals surface area contributed by atoms with Gasteiger partial charge in [-0.2, -0.15) is 0 Å². The number of imide groups is 1. The molecule has 2 aromatic rings. The molecule has 1 fully saturated rings. The molecule has 144 valence electrons. The van der Waals surface area contributed by atoms with Crippen LogP contribution in [-0.4, -0.2) is 37.8 Å². The van der Waals surface area contributed by atoms with Crippen LogP contribution in [0.1, 0.15) is 5.56 Å². The van der Waals surface area contributed by atoms with Crippen molar-refractivity contribution in [3.8, 4) is 11.5 Å². The zero-order chi connectivity index (χ0) is 20.0. The van der Waals surface area contributed by atoms with E-state index in [4.69, 9.17) is 37.5 Å². The Labute approximate surface area is 170 Å². The van der Waals surface area contributed by atoms with E-state index in [0.717, 1.165) is 4.90 Å². The molecular weight excluding hydrogens is 407 g/mol. The third-order valence-electron chi connectivity index (χ3n) is 4.64. The van der Waals surface area contributed by atoms with Crippen LogP contribution in [0.15, 0.2) is 41.6 Å². The predicted molar refractivity (Wildman–Crippen MR) is 103 cm³/mol. The predicted octanol–water partition coefficient (Wildman–Crippen LogP) is 3.30. The van der Waals surface area contributed by atoms with E-state index in [0.29, 0.717) is 27.8 Å². The zero-order valence-corrected chi connectivity index (χ0v) is 16.3. The lowest BCUT2D eigenvalue weighted by Crippen LogP contribution is -2.33. The van der Waals surface area contributed by atoms with Crippen molar-refractivity contribution in [1.29, 1.82) is 0 Å². The van der Waals surface area contributed by atoms with Gasteiger partial charge < -0.3 is 14.3 Å². The molecule has 9 heteroatoms. The van der Waals surface area contributed by atoms with Gasteiger partial charge in [0.2, 0.25) is 12.0 Å². The lowest BCUT2D eigenvalue weighted by atomic mass is 9.93. The van der Waals surface area contributed by atoms with Crippen molar-refractivity contribution in [3.05, 3.63) is 52.0 Å². The molecule has 2 aliphatic rings. The number of ether oxygens (including phenoxy) is 2. The highest BCUT2D eigenvalue weighted by atomic mass is 35.5. The minimum absolute atomic E-state index is 0.208. The second kappa shape index (κ2) is 7.00. The molecule has 2 aromatic carbocycles. The van der Waals surface area contributed by atoms with Crippen LogP contribution < -0.4 is 14.4 Å². The third-order valence-corrected chi connectivity index (χ3v) is 5.19. The molecule has 0 spiro atoms. The first-order chi connectivity index (χ1) is 13.5. The molecular formula is C19H14Cl2N2O5. The van der Waals surface area contributed by atoms with Crippen molar-refractivity contribution < 1.29 is 23.9 Å². The number of amides is 2. The smallest absolute Gasteiger partial charge is 0.279 e. The maximum Gasteiger partial charge on any atom is 0.279 e. The molecule has 2 atom stereocenters. The Morgan fingerprint density at radius 3 is 2.57 bits per heavy atom. The molecule has 0 N–H and O–H groups in total. The lowest BCUT2D eigenvalue weighted by molar-refractivity contribution is -0.126. The summed E-state index contributed by atoms with van der Waals surface area (Å²) in [6.07, 6.45) is -1.08. The lowest BCUT2D eigenvalue weighted by Gasteiger charge is -2.17. The Hall–Kier alpha value is -2.77. The van der Waals surface area contributed by atoms with E-state index in [-0.39, 0.29) is 10.7 Å². The Balaban J connectivity index is 1.77. The van der Waals surface area contributed by atoms with Gasteiger partial charge in [0.1, 0.15) is 11.6 Å². The Kier molecular flexibility index (Phi) is 4.64. The fourth-order valence-electron chi connectivity index (χ4n) is 3.38. The molecule has 0 aromatic heterocycles. The fourth-order valence-corrected chi connectivity index (χ4v) is 3.75. The van der Waals surface area contributed by atoms with Gasteiger partial charge in [-0.05, 0) is 30.3 Å². The number of methoxy groups -OCH3 is 2. The van der Waals surface area contributed by atoms with Gasteiger partial charge in [0.25, 0.3) is 5.91 Å². The minimum atomic E-state index is -1.08. The topological polar surface area (TPSA) is 77.4 Å². The molecule has 2 amide bonds. The maximum absolute atomic E-state index is 13.2. The van der Waals surface area contributed by atoms with Crippen LogP contribution in [0.25, 0.3) is 0 Å². The molecule has 4 rings (SSSR count). The number of carbonyl (C=O) groups excluding carboxylic acids is 2. The molecule has 2 unspecified atom stereocenters.